The molecule has 2 amide bonds. The van der Waals surface area contributed by atoms with Crippen molar-refractivity contribution in [2.24, 2.45) is 7.05 Å². The quantitative estimate of drug-likeness (QED) is 0.0907. The number of halogens is 2. The second kappa shape index (κ2) is 10.7. The van der Waals surface area contributed by atoms with E-state index in [1.165, 1.54) is 0 Å². The largest absolute Gasteiger partial charge is 0.722 e. The Morgan fingerprint density at radius 3 is 1.71 bits per heavy atom. The Hall–Kier alpha value is -4.18. The zero-order valence-corrected chi connectivity index (χ0v) is 20.7. The highest BCUT2D eigenvalue weighted by Gasteiger charge is 2.41. The number of aryl methyl sites for hydroxylation is 1. The summed E-state index contributed by atoms with van der Waals surface area (Å²) in [5.74, 6) is -1.96. The van der Waals surface area contributed by atoms with Gasteiger partial charge in [-0.25, -0.2) is 13.3 Å². The zero-order valence-electron chi connectivity index (χ0n) is 19.1. The SMILES string of the molecule is C[n+]1c2ccccc2c(C(=O)N2C(=O)C(=O)c3ccccc32)c2ccccc21.O=S(=O)(O)F.O=S(=O)([O-])F. The summed E-state index contributed by atoms with van der Waals surface area (Å²) in [5.41, 5.74) is 2.76. The van der Waals surface area contributed by atoms with Gasteiger partial charge in [0.05, 0.1) is 27.6 Å². The first-order chi connectivity index (χ1) is 17.6. The Morgan fingerprint density at radius 1 is 0.842 bits per heavy atom. The van der Waals surface area contributed by atoms with Crippen molar-refractivity contribution in [3.8, 4) is 0 Å². The molecule has 1 aliphatic rings. The molecule has 0 spiro atoms. The molecule has 0 fully saturated rings. The van der Waals surface area contributed by atoms with Gasteiger partial charge in [0.2, 0.25) is 11.0 Å². The second-order valence-electron chi connectivity index (χ2n) is 7.57. The van der Waals surface area contributed by atoms with Gasteiger partial charge in [-0.15, -0.1) is 3.89 Å². The van der Waals surface area contributed by atoms with Crippen molar-refractivity contribution in [3.63, 3.8) is 0 Å². The minimum Gasteiger partial charge on any atom is -0.722 e. The minimum absolute atomic E-state index is 0.260. The van der Waals surface area contributed by atoms with Crippen LogP contribution in [0, 0.1) is 0 Å². The number of benzene rings is 3. The first-order valence-corrected chi connectivity index (χ1v) is 12.9. The molecule has 0 saturated heterocycles. The number of carbonyl (C=O) groups excluding carboxylic acids is 3. The summed E-state index contributed by atoms with van der Waals surface area (Å²) in [6.45, 7) is 0. The van der Waals surface area contributed by atoms with Crippen LogP contribution < -0.4 is 9.47 Å². The summed E-state index contributed by atoms with van der Waals surface area (Å²) in [7, 11) is -8.64. The van der Waals surface area contributed by atoms with Crippen LogP contribution in [-0.4, -0.2) is 43.5 Å². The lowest BCUT2D eigenvalue weighted by molar-refractivity contribution is -0.617. The Bertz CT molecular complexity index is 1720. The maximum absolute atomic E-state index is 13.6. The minimum atomic E-state index is -5.42. The molecular formula is C23H16F2N2O9S2. The fraction of sp³-hybridized carbons (Fsp3) is 0.0435. The van der Waals surface area contributed by atoms with Crippen molar-refractivity contribution in [1.82, 2.24) is 0 Å². The number of aromatic nitrogens is 1. The molecule has 1 aromatic heterocycles. The average molecular weight is 567 g/mol. The Morgan fingerprint density at radius 2 is 1.24 bits per heavy atom. The number of rotatable bonds is 1. The number of hydrogen-bond donors (Lipinski definition) is 1. The van der Waals surface area contributed by atoms with Crippen LogP contribution in [-0.2, 0) is 32.9 Å². The van der Waals surface area contributed by atoms with Gasteiger partial charge in [0.15, 0.2) is 0 Å². The van der Waals surface area contributed by atoms with E-state index in [4.69, 9.17) is 25.9 Å². The molecule has 38 heavy (non-hydrogen) atoms. The number of para-hydroxylation sites is 3. The van der Waals surface area contributed by atoms with Gasteiger partial charge in [0.1, 0.15) is 7.05 Å². The van der Waals surface area contributed by atoms with Gasteiger partial charge in [0, 0.05) is 12.1 Å². The predicted molar refractivity (Wildman–Crippen MR) is 129 cm³/mol. The molecule has 4 aromatic rings. The number of anilines is 1. The molecule has 0 radical (unpaired) electrons. The topological polar surface area (TPSA) is 170 Å². The van der Waals surface area contributed by atoms with Crippen molar-refractivity contribution in [2.45, 2.75) is 0 Å². The molecule has 198 valence electrons. The van der Waals surface area contributed by atoms with Gasteiger partial charge in [-0.3, -0.25) is 18.9 Å². The maximum atomic E-state index is 13.6. The molecule has 15 heteroatoms. The number of ketones is 1. The van der Waals surface area contributed by atoms with Gasteiger partial charge in [-0.05, 0) is 24.3 Å². The van der Waals surface area contributed by atoms with Gasteiger partial charge in [0.25, 0.3) is 22.2 Å². The van der Waals surface area contributed by atoms with Crippen molar-refractivity contribution in [2.75, 3.05) is 4.90 Å². The molecule has 5 rings (SSSR count). The highest BCUT2D eigenvalue weighted by atomic mass is 32.3. The summed E-state index contributed by atoms with van der Waals surface area (Å²) in [4.78, 5) is 39.7. The van der Waals surface area contributed by atoms with Crippen LogP contribution >= 0.6 is 0 Å². The molecule has 2 heterocycles. The number of imide groups is 1. The van der Waals surface area contributed by atoms with E-state index in [0.29, 0.717) is 11.3 Å². The second-order valence-corrected chi connectivity index (χ2v) is 9.18. The number of amides is 2. The summed E-state index contributed by atoms with van der Waals surface area (Å²) >= 11 is 0. The molecule has 11 nitrogen and oxygen atoms in total. The van der Waals surface area contributed by atoms with Crippen molar-refractivity contribution in [3.05, 3.63) is 83.9 Å². The van der Waals surface area contributed by atoms with E-state index >= 15 is 0 Å². The molecule has 0 bridgehead atoms. The summed E-state index contributed by atoms with van der Waals surface area (Å²) in [6.07, 6.45) is 0. The van der Waals surface area contributed by atoms with E-state index in [2.05, 4.69) is 0 Å². The predicted octanol–water partition coefficient (Wildman–Crippen LogP) is 2.36. The maximum Gasteiger partial charge on any atom is 0.435 e. The monoisotopic (exact) mass is 566 g/mol. The van der Waals surface area contributed by atoms with Crippen molar-refractivity contribution in [1.29, 1.82) is 0 Å². The molecule has 3 aromatic carbocycles. The molecule has 0 saturated carbocycles. The van der Waals surface area contributed by atoms with E-state index < -0.39 is 38.6 Å². The van der Waals surface area contributed by atoms with Crippen molar-refractivity contribution < 1.29 is 52.7 Å². The highest BCUT2D eigenvalue weighted by molar-refractivity contribution is 7.80. The number of hydrogen-bond acceptors (Lipinski definition) is 8. The zero-order chi connectivity index (χ0) is 28.4. The number of carbonyl (C=O) groups is 3. The first kappa shape index (κ1) is 28.4. The Balaban J connectivity index is 0.000000344. The molecule has 1 N–H and O–H groups in total. The normalized spacial score (nSPS) is 12.9. The van der Waals surface area contributed by atoms with E-state index in [-0.39, 0.29) is 5.56 Å². The molecule has 0 atom stereocenters. The average Bonchev–Trinajstić information content (AvgIpc) is 3.07. The van der Waals surface area contributed by atoms with Gasteiger partial charge in [-0.1, -0.05) is 40.3 Å². The standard InChI is InChI=1S/C23H15N2O3.2FHO3S/c1-24-17-11-5-2-8-14(17)20(15-9-3-6-12-18(15)24)22(27)25-19-13-7-4-10-16(19)21(26)23(25)28;2*1-5(2,3)4/h2-13H,1H3;2*(H,2,3,4)/q+1;;/p-1. The smallest absolute Gasteiger partial charge is 0.435 e. The van der Waals surface area contributed by atoms with Crippen LogP contribution in [0.3, 0.4) is 0 Å². The Labute approximate surface area is 214 Å². The third-order valence-electron chi connectivity index (χ3n) is 5.27. The van der Waals surface area contributed by atoms with Crippen molar-refractivity contribution >= 4 is 66.1 Å². The fourth-order valence-corrected chi connectivity index (χ4v) is 3.96. The van der Waals surface area contributed by atoms with Gasteiger partial charge >= 0.3 is 16.4 Å². The van der Waals surface area contributed by atoms with E-state index in [9.17, 15) is 22.2 Å². The third-order valence-corrected chi connectivity index (χ3v) is 5.27. The third kappa shape index (κ3) is 6.38. The van der Waals surface area contributed by atoms with E-state index in [1.807, 2.05) is 60.1 Å². The molecule has 1 aliphatic heterocycles. The number of fused-ring (bicyclic) bond motifs is 3. The van der Waals surface area contributed by atoms with Crippen LogP contribution in [0.1, 0.15) is 20.7 Å². The van der Waals surface area contributed by atoms with Crippen LogP contribution in [0.15, 0.2) is 72.8 Å². The highest BCUT2D eigenvalue weighted by Crippen LogP contribution is 2.33. The van der Waals surface area contributed by atoms with Gasteiger partial charge in [-0.2, -0.15) is 13.0 Å². The summed E-state index contributed by atoms with van der Waals surface area (Å²) < 4.78 is 71.4. The summed E-state index contributed by atoms with van der Waals surface area (Å²) in [5, 5.41) is 1.47. The lowest BCUT2D eigenvalue weighted by Gasteiger charge is -2.17. The number of Topliss-reactive ketones (excluding diaryl/α,β-unsaturated/α-hetero) is 1. The molecule has 0 unspecified atom stereocenters. The van der Waals surface area contributed by atoms with E-state index in [0.717, 1.165) is 26.7 Å². The lowest BCUT2D eigenvalue weighted by atomic mass is 10.0. The van der Waals surface area contributed by atoms with Crippen LogP contribution in [0.4, 0.5) is 13.5 Å². The van der Waals surface area contributed by atoms with Crippen LogP contribution in [0.2, 0.25) is 0 Å². The number of nitrogens with zero attached hydrogens (tertiary/aromatic N) is 2. The first-order valence-electron chi connectivity index (χ1n) is 10.2. The number of pyridine rings is 1. The summed E-state index contributed by atoms with van der Waals surface area (Å²) in [6, 6.07) is 21.7. The van der Waals surface area contributed by atoms with E-state index in [1.54, 1.807) is 24.3 Å². The Kier molecular flexibility index (Phi) is 7.97. The lowest BCUT2D eigenvalue weighted by Crippen LogP contribution is -2.38. The van der Waals surface area contributed by atoms with Gasteiger partial charge < -0.3 is 4.55 Å². The molecule has 0 aliphatic carbocycles. The molecular weight excluding hydrogens is 550 g/mol. The van der Waals surface area contributed by atoms with Crippen LogP contribution in [0.25, 0.3) is 21.8 Å². The fourth-order valence-electron chi connectivity index (χ4n) is 3.96. The van der Waals surface area contributed by atoms with Crippen LogP contribution in [0.5, 0.6) is 0 Å².